The molecular weight excluding hydrogens is 292 g/mol. The zero-order valence-corrected chi connectivity index (χ0v) is 11.4. The van der Waals surface area contributed by atoms with E-state index in [0.29, 0.717) is 11.5 Å². The summed E-state index contributed by atoms with van der Waals surface area (Å²) in [7, 11) is 0. The van der Waals surface area contributed by atoms with E-state index in [2.05, 4.69) is 25.6 Å². The van der Waals surface area contributed by atoms with Gasteiger partial charge in [-0.25, -0.2) is 9.67 Å². The van der Waals surface area contributed by atoms with Gasteiger partial charge in [0.15, 0.2) is 16.7 Å². The number of carbonyl (C=O) groups is 1. The number of rotatable bonds is 3. The van der Waals surface area contributed by atoms with Crippen LogP contribution in [0.25, 0.3) is 5.82 Å². The van der Waals surface area contributed by atoms with Gasteiger partial charge in [-0.3, -0.25) is 4.79 Å². The molecule has 1 amide bonds. The molecule has 0 aliphatic heterocycles. The SMILES string of the molecule is O=C(Nc1cccnc1-n1cccn1)c1ccc(Cl)nn1. The summed E-state index contributed by atoms with van der Waals surface area (Å²) in [4.78, 5) is 16.3. The fraction of sp³-hybridized carbons (Fsp3) is 0. The van der Waals surface area contributed by atoms with Crippen LogP contribution in [0.3, 0.4) is 0 Å². The van der Waals surface area contributed by atoms with Crippen molar-refractivity contribution in [3.8, 4) is 5.82 Å². The second-order valence-corrected chi connectivity index (χ2v) is 4.41. The van der Waals surface area contributed by atoms with Gasteiger partial charge in [0.2, 0.25) is 0 Å². The van der Waals surface area contributed by atoms with Crippen molar-refractivity contribution in [2.24, 2.45) is 0 Å². The predicted molar refractivity (Wildman–Crippen MR) is 76.4 cm³/mol. The van der Waals surface area contributed by atoms with E-state index in [0.717, 1.165) is 0 Å². The maximum atomic E-state index is 12.1. The molecule has 21 heavy (non-hydrogen) atoms. The summed E-state index contributed by atoms with van der Waals surface area (Å²) in [5, 5.41) is 14.4. The van der Waals surface area contributed by atoms with Crippen LogP contribution in [0.1, 0.15) is 10.5 Å². The van der Waals surface area contributed by atoms with Crippen LogP contribution in [-0.4, -0.2) is 30.9 Å². The highest BCUT2D eigenvalue weighted by Crippen LogP contribution is 2.17. The Morgan fingerprint density at radius 1 is 1.14 bits per heavy atom. The van der Waals surface area contributed by atoms with Crippen molar-refractivity contribution < 1.29 is 4.79 Å². The van der Waals surface area contributed by atoms with Gasteiger partial charge in [-0.2, -0.15) is 5.10 Å². The number of aromatic nitrogens is 5. The lowest BCUT2D eigenvalue weighted by Gasteiger charge is -2.09. The Bertz CT molecular complexity index is 757. The molecule has 0 saturated carbocycles. The molecular formula is C13H9ClN6O. The Kier molecular flexibility index (Phi) is 3.57. The third-order valence-electron chi connectivity index (χ3n) is 2.62. The van der Waals surface area contributed by atoms with Crippen molar-refractivity contribution in [2.75, 3.05) is 5.32 Å². The Hall–Kier alpha value is -2.80. The topological polar surface area (TPSA) is 85.6 Å². The van der Waals surface area contributed by atoms with Crippen LogP contribution >= 0.6 is 11.6 Å². The number of nitrogens with zero attached hydrogens (tertiary/aromatic N) is 5. The van der Waals surface area contributed by atoms with E-state index in [4.69, 9.17) is 11.6 Å². The van der Waals surface area contributed by atoms with Gasteiger partial charge < -0.3 is 5.32 Å². The van der Waals surface area contributed by atoms with Gasteiger partial charge in [0.1, 0.15) is 0 Å². The standard InChI is InChI=1S/C13H9ClN6O/c14-11-5-4-10(18-19-11)13(21)17-9-3-1-6-15-12(9)20-8-2-7-16-20/h1-8H,(H,17,21). The summed E-state index contributed by atoms with van der Waals surface area (Å²) < 4.78 is 1.56. The Morgan fingerprint density at radius 3 is 2.76 bits per heavy atom. The van der Waals surface area contributed by atoms with Crippen molar-refractivity contribution in [1.82, 2.24) is 25.0 Å². The minimum Gasteiger partial charge on any atom is -0.317 e. The molecule has 0 saturated heterocycles. The summed E-state index contributed by atoms with van der Waals surface area (Å²) in [6.45, 7) is 0. The number of hydrogen-bond acceptors (Lipinski definition) is 5. The first kappa shape index (κ1) is 13.2. The predicted octanol–water partition coefficient (Wildman–Crippen LogP) is 1.96. The molecule has 0 bridgehead atoms. The number of nitrogens with one attached hydrogen (secondary N) is 1. The van der Waals surface area contributed by atoms with Gasteiger partial charge in [0.25, 0.3) is 5.91 Å². The molecule has 3 rings (SSSR count). The van der Waals surface area contributed by atoms with Crippen LogP contribution in [0.4, 0.5) is 5.69 Å². The average Bonchev–Trinajstić information content (AvgIpc) is 3.02. The lowest BCUT2D eigenvalue weighted by Crippen LogP contribution is -2.16. The molecule has 3 aromatic rings. The molecule has 7 nitrogen and oxygen atoms in total. The third kappa shape index (κ3) is 2.87. The largest absolute Gasteiger partial charge is 0.317 e. The van der Waals surface area contributed by atoms with E-state index >= 15 is 0 Å². The van der Waals surface area contributed by atoms with Crippen LogP contribution in [0.2, 0.25) is 5.15 Å². The highest BCUT2D eigenvalue weighted by Gasteiger charge is 2.12. The summed E-state index contributed by atoms with van der Waals surface area (Å²) >= 11 is 5.64. The fourth-order valence-corrected chi connectivity index (χ4v) is 1.80. The summed E-state index contributed by atoms with van der Waals surface area (Å²) in [6, 6.07) is 8.21. The zero-order valence-electron chi connectivity index (χ0n) is 10.6. The van der Waals surface area contributed by atoms with Crippen molar-refractivity contribution >= 4 is 23.2 Å². The molecule has 3 heterocycles. The quantitative estimate of drug-likeness (QED) is 0.799. The van der Waals surface area contributed by atoms with Crippen molar-refractivity contribution in [3.05, 3.63) is 59.8 Å². The Balaban J connectivity index is 1.88. The number of anilines is 1. The second kappa shape index (κ2) is 5.68. The molecule has 3 aromatic heterocycles. The number of carbonyl (C=O) groups excluding carboxylic acids is 1. The number of hydrogen-bond donors (Lipinski definition) is 1. The van der Waals surface area contributed by atoms with E-state index in [9.17, 15) is 4.79 Å². The average molecular weight is 301 g/mol. The second-order valence-electron chi connectivity index (χ2n) is 4.02. The first-order chi connectivity index (χ1) is 10.2. The van der Waals surface area contributed by atoms with E-state index in [1.165, 1.54) is 12.1 Å². The molecule has 0 atom stereocenters. The number of pyridine rings is 1. The fourth-order valence-electron chi connectivity index (χ4n) is 1.69. The minimum absolute atomic E-state index is 0.162. The lowest BCUT2D eigenvalue weighted by atomic mass is 10.3. The van der Waals surface area contributed by atoms with Gasteiger partial charge in [-0.05, 0) is 30.3 Å². The van der Waals surface area contributed by atoms with Crippen LogP contribution in [0, 0.1) is 0 Å². The number of amides is 1. The maximum Gasteiger partial charge on any atom is 0.276 e. The Morgan fingerprint density at radius 2 is 2.05 bits per heavy atom. The zero-order chi connectivity index (χ0) is 14.7. The monoisotopic (exact) mass is 300 g/mol. The molecule has 0 fully saturated rings. The van der Waals surface area contributed by atoms with Crippen LogP contribution in [-0.2, 0) is 0 Å². The van der Waals surface area contributed by atoms with E-state index in [1.54, 1.807) is 41.5 Å². The number of halogens is 1. The normalized spacial score (nSPS) is 10.3. The third-order valence-corrected chi connectivity index (χ3v) is 2.82. The van der Waals surface area contributed by atoms with E-state index < -0.39 is 5.91 Å². The van der Waals surface area contributed by atoms with Crippen LogP contribution < -0.4 is 5.32 Å². The summed E-state index contributed by atoms with van der Waals surface area (Å²) in [5.74, 6) is 0.110. The van der Waals surface area contributed by atoms with E-state index in [-0.39, 0.29) is 10.8 Å². The van der Waals surface area contributed by atoms with E-state index in [1.807, 2.05) is 0 Å². The molecule has 104 valence electrons. The molecule has 0 unspecified atom stereocenters. The minimum atomic E-state index is -0.402. The van der Waals surface area contributed by atoms with Crippen LogP contribution in [0.5, 0.6) is 0 Å². The molecule has 8 heteroatoms. The summed E-state index contributed by atoms with van der Waals surface area (Å²) in [6.07, 6.45) is 4.99. The summed E-state index contributed by atoms with van der Waals surface area (Å²) in [5.41, 5.74) is 0.678. The van der Waals surface area contributed by atoms with Gasteiger partial charge in [-0.1, -0.05) is 11.6 Å². The molecule has 0 aliphatic carbocycles. The highest BCUT2D eigenvalue weighted by molar-refractivity contribution is 6.29. The molecule has 0 radical (unpaired) electrons. The first-order valence-electron chi connectivity index (χ1n) is 5.99. The first-order valence-corrected chi connectivity index (χ1v) is 6.37. The molecule has 0 aromatic carbocycles. The smallest absolute Gasteiger partial charge is 0.276 e. The molecule has 0 spiro atoms. The van der Waals surface area contributed by atoms with Crippen LogP contribution in [0.15, 0.2) is 48.9 Å². The van der Waals surface area contributed by atoms with Gasteiger partial charge in [-0.15, -0.1) is 10.2 Å². The van der Waals surface area contributed by atoms with Gasteiger partial charge >= 0.3 is 0 Å². The van der Waals surface area contributed by atoms with Crippen molar-refractivity contribution in [2.45, 2.75) is 0 Å². The van der Waals surface area contributed by atoms with Gasteiger partial charge in [0.05, 0.1) is 5.69 Å². The molecule has 0 aliphatic rings. The highest BCUT2D eigenvalue weighted by atomic mass is 35.5. The van der Waals surface area contributed by atoms with Crippen molar-refractivity contribution in [1.29, 1.82) is 0 Å². The lowest BCUT2D eigenvalue weighted by molar-refractivity contribution is 0.102. The maximum absolute atomic E-state index is 12.1. The Labute approximate surface area is 124 Å². The van der Waals surface area contributed by atoms with Crippen molar-refractivity contribution in [3.63, 3.8) is 0 Å². The van der Waals surface area contributed by atoms with Gasteiger partial charge in [0, 0.05) is 18.6 Å². The molecule has 1 N–H and O–H groups in total.